The van der Waals surface area contributed by atoms with Crippen molar-refractivity contribution in [3.63, 3.8) is 0 Å². The molecule has 9 heteroatoms. The number of nitro groups is 1. The minimum absolute atomic E-state index is 0.0134. The van der Waals surface area contributed by atoms with E-state index in [1.54, 1.807) is 13.0 Å². The Hall–Kier alpha value is -2.29. The summed E-state index contributed by atoms with van der Waals surface area (Å²) in [6.45, 7) is 1.75. The molecule has 0 saturated heterocycles. The van der Waals surface area contributed by atoms with Crippen molar-refractivity contribution in [3.8, 4) is 5.69 Å². The van der Waals surface area contributed by atoms with Gasteiger partial charge in [-0.05, 0) is 29.0 Å². The third kappa shape index (κ3) is 2.45. The maximum atomic E-state index is 11.2. The van der Waals surface area contributed by atoms with Crippen molar-refractivity contribution in [2.24, 2.45) is 0 Å². The van der Waals surface area contributed by atoms with Crippen molar-refractivity contribution in [3.05, 3.63) is 44.2 Å². The number of rotatable bonds is 3. The highest BCUT2D eigenvalue weighted by Gasteiger charge is 2.24. The van der Waals surface area contributed by atoms with Crippen molar-refractivity contribution >= 4 is 27.8 Å². The summed E-state index contributed by atoms with van der Waals surface area (Å²) < 4.78 is 1.13. The van der Waals surface area contributed by atoms with Gasteiger partial charge in [0.05, 0.1) is 11.3 Å². The third-order valence-electron chi connectivity index (χ3n) is 2.33. The first-order valence-corrected chi connectivity index (χ1v) is 5.80. The number of hydrogen-bond acceptors (Lipinski definition) is 5. The summed E-state index contributed by atoms with van der Waals surface area (Å²) >= 11 is 3.02. The summed E-state index contributed by atoms with van der Waals surface area (Å²) in [6, 6.07) is 4.65. The number of carboxylic acids is 1. The van der Waals surface area contributed by atoms with Crippen LogP contribution in [0.2, 0.25) is 0 Å². The average molecular weight is 327 g/mol. The number of carbonyl (C=O) groups is 1. The van der Waals surface area contributed by atoms with Crippen molar-refractivity contribution in [2.45, 2.75) is 6.92 Å². The van der Waals surface area contributed by atoms with Crippen LogP contribution in [0.1, 0.15) is 15.9 Å². The maximum absolute atomic E-state index is 11.2. The number of benzene rings is 1. The fraction of sp³-hybridized carbons (Fsp3) is 0.100. The molecule has 0 bridgehead atoms. The lowest BCUT2D eigenvalue weighted by atomic mass is 10.1. The van der Waals surface area contributed by atoms with E-state index in [0.717, 1.165) is 10.2 Å². The van der Waals surface area contributed by atoms with E-state index < -0.39 is 16.8 Å². The molecule has 2 aromatic rings. The molecule has 0 aliphatic rings. The fourth-order valence-electron chi connectivity index (χ4n) is 1.52. The smallest absolute Gasteiger partial charge is 0.478 e. The standard InChI is InChI=1S/C10H7BrN4O4/c1-5-2-3-7(6(4-5)8(16)17)14-9(11)12-10(13-14)15(18)19/h2-4H,1H3,(H,16,17). The van der Waals surface area contributed by atoms with Crippen LogP contribution >= 0.6 is 15.9 Å². The average Bonchev–Trinajstić information content (AvgIpc) is 2.71. The minimum atomic E-state index is -1.15. The predicted octanol–water partition coefficient (Wildman–Crippen LogP) is 1.94. The molecule has 8 nitrogen and oxygen atoms in total. The van der Waals surface area contributed by atoms with Crippen LogP contribution in [0, 0.1) is 17.0 Å². The first-order chi connectivity index (χ1) is 8.90. The lowest BCUT2D eigenvalue weighted by molar-refractivity contribution is -0.394. The lowest BCUT2D eigenvalue weighted by Crippen LogP contribution is -2.07. The van der Waals surface area contributed by atoms with Gasteiger partial charge >= 0.3 is 11.9 Å². The highest BCUT2D eigenvalue weighted by Crippen LogP contribution is 2.22. The van der Waals surface area contributed by atoms with Crippen LogP contribution in [0.4, 0.5) is 5.95 Å². The summed E-state index contributed by atoms with van der Waals surface area (Å²) in [5, 5.41) is 23.4. The zero-order chi connectivity index (χ0) is 14.2. The summed E-state index contributed by atoms with van der Waals surface area (Å²) in [5.41, 5.74) is 0.943. The molecule has 0 atom stereocenters. The Bertz CT molecular complexity index is 682. The maximum Gasteiger partial charge on any atom is 0.492 e. The van der Waals surface area contributed by atoms with Gasteiger partial charge in [0.15, 0.2) is 0 Å². The Morgan fingerprint density at radius 1 is 1.53 bits per heavy atom. The van der Waals surface area contributed by atoms with Crippen LogP contribution in [0.25, 0.3) is 5.69 Å². The molecular formula is C10H7BrN4O4. The van der Waals surface area contributed by atoms with Crippen LogP contribution in [-0.2, 0) is 0 Å². The highest BCUT2D eigenvalue weighted by atomic mass is 79.9. The van der Waals surface area contributed by atoms with Gasteiger partial charge in [0.1, 0.15) is 0 Å². The first-order valence-electron chi connectivity index (χ1n) is 5.01. The van der Waals surface area contributed by atoms with Crippen molar-refractivity contribution < 1.29 is 14.8 Å². The second-order valence-electron chi connectivity index (χ2n) is 3.68. The molecule has 1 N–H and O–H groups in total. The van der Waals surface area contributed by atoms with E-state index >= 15 is 0 Å². The monoisotopic (exact) mass is 326 g/mol. The van der Waals surface area contributed by atoms with Gasteiger partial charge in [-0.1, -0.05) is 11.6 Å². The van der Waals surface area contributed by atoms with Crippen LogP contribution < -0.4 is 0 Å². The van der Waals surface area contributed by atoms with Gasteiger partial charge in [-0.25, -0.2) is 4.79 Å². The van der Waals surface area contributed by atoms with Crippen molar-refractivity contribution in [1.82, 2.24) is 14.8 Å². The van der Waals surface area contributed by atoms with E-state index in [9.17, 15) is 14.9 Å². The molecule has 0 aliphatic carbocycles. The Morgan fingerprint density at radius 2 is 2.21 bits per heavy atom. The van der Waals surface area contributed by atoms with Gasteiger partial charge in [0, 0.05) is 21.0 Å². The van der Waals surface area contributed by atoms with E-state index in [1.165, 1.54) is 12.1 Å². The lowest BCUT2D eigenvalue weighted by Gasteiger charge is -2.04. The van der Waals surface area contributed by atoms with Crippen molar-refractivity contribution in [1.29, 1.82) is 0 Å². The molecule has 0 amide bonds. The predicted molar refractivity (Wildman–Crippen MR) is 67.4 cm³/mol. The summed E-state index contributed by atoms with van der Waals surface area (Å²) in [5.74, 6) is -1.76. The fourth-order valence-corrected chi connectivity index (χ4v) is 1.95. The SMILES string of the molecule is Cc1ccc(-n2nc([N+](=O)[O-])nc2Br)c(C(=O)O)c1. The Kier molecular flexibility index (Phi) is 3.30. The van der Waals surface area contributed by atoms with Crippen LogP contribution in [0.3, 0.4) is 0 Å². The molecule has 1 aromatic heterocycles. The Labute approximate surface area is 115 Å². The molecule has 0 unspecified atom stereocenters. The summed E-state index contributed by atoms with van der Waals surface area (Å²) in [7, 11) is 0. The Morgan fingerprint density at radius 3 is 2.74 bits per heavy atom. The van der Waals surface area contributed by atoms with E-state index in [0.29, 0.717) is 0 Å². The molecule has 0 aliphatic heterocycles. The molecule has 2 rings (SSSR count). The number of carboxylic acid groups (broad SMARTS) is 1. The topological polar surface area (TPSA) is 111 Å². The van der Waals surface area contributed by atoms with Crippen molar-refractivity contribution in [2.75, 3.05) is 0 Å². The highest BCUT2D eigenvalue weighted by molar-refractivity contribution is 9.10. The van der Waals surface area contributed by atoms with Crippen LogP contribution in [-0.4, -0.2) is 30.8 Å². The second kappa shape index (κ2) is 4.76. The molecule has 1 aromatic carbocycles. The molecule has 98 valence electrons. The second-order valence-corrected chi connectivity index (χ2v) is 4.38. The van der Waals surface area contributed by atoms with E-state index in [1.807, 2.05) is 0 Å². The number of aromatic carboxylic acids is 1. The van der Waals surface area contributed by atoms with E-state index in [-0.39, 0.29) is 16.0 Å². The van der Waals surface area contributed by atoms with Gasteiger partial charge in [0.2, 0.25) is 0 Å². The summed E-state index contributed by atoms with van der Waals surface area (Å²) in [6.07, 6.45) is 0. The number of hydrogen-bond donors (Lipinski definition) is 1. The normalized spacial score (nSPS) is 10.4. The van der Waals surface area contributed by atoms with Gasteiger partial charge in [-0.15, -0.1) is 4.68 Å². The van der Waals surface area contributed by atoms with Gasteiger partial charge in [-0.2, -0.15) is 0 Å². The van der Waals surface area contributed by atoms with Crippen LogP contribution in [0.15, 0.2) is 22.9 Å². The summed E-state index contributed by atoms with van der Waals surface area (Å²) in [4.78, 5) is 24.6. The van der Waals surface area contributed by atoms with Crippen LogP contribution in [0.5, 0.6) is 0 Å². The minimum Gasteiger partial charge on any atom is -0.478 e. The van der Waals surface area contributed by atoms with E-state index in [2.05, 4.69) is 26.0 Å². The zero-order valence-electron chi connectivity index (χ0n) is 9.57. The molecule has 0 spiro atoms. The number of nitrogens with zero attached hydrogens (tertiary/aromatic N) is 4. The molecular weight excluding hydrogens is 320 g/mol. The van der Waals surface area contributed by atoms with Gasteiger partial charge in [0.25, 0.3) is 4.73 Å². The molecule has 19 heavy (non-hydrogen) atoms. The van der Waals surface area contributed by atoms with E-state index in [4.69, 9.17) is 5.11 Å². The molecule has 0 radical (unpaired) electrons. The first kappa shape index (κ1) is 13.1. The Balaban J connectivity index is 2.65. The quantitative estimate of drug-likeness (QED) is 0.681. The molecule has 0 saturated carbocycles. The number of aryl methyl sites for hydroxylation is 1. The van der Waals surface area contributed by atoms with Gasteiger partial charge < -0.3 is 15.2 Å². The third-order valence-corrected chi connectivity index (χ3v) is 2.84. The zero-order valence-corrected chi connectivity index (χ0v) is 11.2. The largest absolute Gasteiger partial charge is 0.492 e. The number of halogens is 1. The number of aromatic nitrogens is 3. The molecule has 1 heterocycles. The molecule has 0 fully saturated rings. The van der Waals surface area contributed by atoms with Gasteiger partial charge in [-0.3, -0.25) is 0 Å².